The third kappa shape index (κ3) is 5.38. The Morgan fingerprint density at radius 2 is 2.20 bits per heavy atom. The highest BCUT2D eigenvalue weighted by Gasteiger charge is 2.43. The molecule has 0 aliphatic heterocycles. The first kappa shape index (κ1) is 20.9. The number of rotatable bonds is 7. The number of nitrogens with two attached hydrogens (primary N) is 1. The van der Waals surface area contributed by atoms with Crippen molar-refractivity contribution in [2.75, 3.05) is 11.9 Å². The molecule has 1 fully saturated rings. The van der Waals surface area contributed by atoms with E-state index in [1.165, 1.54) is 30.6 Å². The smallest absolute Gasteiger partial charge is 0.336 e. The molecule has 1 aliphatic rings. The van der Waals surface area contributed by atoms with E-state index in [4.69, 9.17) is 21.6 Å². The van der Waals surface area contributed by atoms with E-state index in [1.807, 2.05) is 0 Å². The van der Waals surface area contributed by atoms with Gasteiger partial charge in [-0.2, -0.15) is 13.8 Å². The summed E-state index contributed by atoms with van der Waals surface area (Å²) in [6, 6.07) is 3.33. The summed E-state index contributed by atoms with van der Waals surface area (Å²) in [6.07, 6.45) is 7.33. The van der Waals surface area contributed by atoms with E-state index >= 15 is 0 Å². The molecule has 0 radical (unpaired) electrons. The number of terminal acetylenes is 1. The van der Waals surface area contributed by atoms with E-state index in [1.54, 1.807) is 0 Å². The number of aromatic nitrogens is 2. The molecule has 0 unspecified atom stereocenters. The summed E-state index contributed by atoms with van der Waals surface area (Å²) in [5.74, 6) is 0.950. The van der Waals surface area contributed by atoms with Crippen molar-refractivity contribution in [3.8, 4) is 18.2 Å². The maximum atomic E-state index is 14.2. The van der Waals surface area contributed by atoms with Gasteiger partial charge in [0.15, 0.2) is 6.61 Å². The van der Waals surface area contributed by atoms with E-state index in [0.717, 1.165) is 0 Å². The second-order valence-corrected chi connectivity index (χ2v) is 6.17. The van der Waals surface area contributed by atoms with Gasteiger partial charge in [-0.3, -0.25) is 4.79 Å². The number of aliphatic imine (C=N–C) groups is 1. The van der Waals surface area contributed by atoms with E-state index in [-0.39, 0.29) is 23.7 Å². The number of amides is 1. The van der Waals surface area contributed by atoms with Gasteiger partial charge in [-0.15, -0.1) is 6.42 Å². The zero-order valence-corrected chi connectivity index (χ0v) is 15.4. The number of alkyl halides is 2. The Kier molecular flexibility index (Phi) is 6.36. The standard InChI is InChI=1S/C19H16F3N5O3/c1-2-5-29-16-9-24-14(8-25-16)17(28)26-10-3-4-13(20)11(6-10)12-7-15(12)30-19(23)27-18(21)22/h1,3-4,6,8-9,12,15,18H,5,7H2,(H2,23,27)(H,26,28)/t12-,15-/m1/s1. The van der Waals surface area contributed by atoms with Gasteiger partial charge in [0.2, 0.25) is 5.88 Å². The molecular formula is C19H16F3N5O3. The monoisotopic (exact) mass is 419 g/mol. The summed E-state index contributed by atoms with van der Waals surface area (Å²) in [5, 5.41) is 2.58. The lowest BCUT2D eigenvalue weighted by molar-refractivity contribution is 0.102. The molecule has 8 nitrogen and oxygen atoms in total. The Bertz CT molecular complexity index is 992. The Balaban J connectivity index is 1.64. The van der Waals surface area contributed by atoms with E-state index in [2.05, 4.69) is 26.2 Å². The van der Waals surface area contributed by atoms with Gasteiger partial charge in [-0.1, -0.05) is 5.92 Å². The van der Waals surface area contributed by atoms with Crippen LogP contribution >= 0.6 is 0 Å². The Morgan fingerprint density at radius 3 is 2.87 bits per heavy atom. The molecule has 0 saturated heterocycles. The highest BCUT2D eigenvalue weighted by molar-refractivity contribution is 6.02. The van der Waals surface area contributed by atoms with E-state index < -0.39 is 36.3 Å². The lowest BCUT2D eigenvalue weighted by Crippen LogP contribution is -2.19. The molecule has 2 aromatic rings. The first-order valence-electron chi connectivity index (χ1n) is 8.64. The molecule has 156 valence electrons. The van der Waals surface area contributed by atoms with Crippen LogP contribution in [0.1, 0.15) is 28.4 Å². The predicted molar refractivity (Wildman–Crippen MR) is 101 cm³/mol. The first-order chi connectivity index (χ1) is 14.4. The van der Waals surface area contributed by atoms with Gasteiger partial charge in [0.1, 0.15) is 17.6 Å². The molecule has 1 amide bonds. The summed E-state index contributed by atoms with van der Waals surface area (Å²) in [7, 11) is 0. The fourth-order valence-corrected chi connectivity index (χ4v) is 2.64. The zero-order valence-electron chi connectivity index (χ0n) is 15.4. The van der Waals surface area contributed by atoms with E-state index in [9.17, 15) is 18.0 Å². The maximum Gasteiger partial charge on any atom is 0.336 e. The summed E-state index contributed by atoms with van der Waals surface area (Å²) >= 11 is 0. The third-order valence-corrected chi connectivity index (χ3v) is 4.05. The molecule has 1 aliphatic carbocycles. The van der Waals surface area contributed by atoms with Crippen LogP contribution in [-0.2, 0) is 4.74 Å². The zero-order chi connectivity index (χ0) is 21.7. The topological polar surface area (TPSA) is 112 Å². The molecular weight excluding hydrogens is 403 g/mol. The second-order valence-electron chi connectivity index (χ2n) is 6.17. The van der Waals surface area contributed by atoms with Crippen LogP contribution in [0, 0.1) is 18.2 Å². The lowest BCUT2D eigenvalue weighted by Gasteiger charge is -2.09. The molecule has 0 bridgehead atoms. The lowest BCUT2D eigenvalue weighted by atomic mass is 10.1. The third-order valence-electron chi connectivity index (χ3n) is 4.05. The average molecular weight is 419 g/mol. The van der Waals surface area contributed by atoms with Crippen molar-refractivity contribution < 1.29 is 27.4 Å². The van der Waals surface area contributed by atoms with Crippen molar-refractivity contribution in [2.24, 2.45) is 10.7 Å². The van der Waals surface area contributed by atoms with Gasteiger partial charge in [0, 0.05) is 11.6 Å². The van der Waals surface area contributed by atoms with Crippen molar-refractivity contribution in [3.63, 3.8) is 0 Å². The van der Waals surface area contributed by atoms with Gasteiger partial charge in [-0.25, -0.2) is 14.4 Å². The minimum atomic E-state index is -2.99. The largest absolute Gasteiger partial charge is 0.463 e. The highest BCUT2D eigenvalue weighted by atomic mass is 19.3. The molecule has 1 aromatic heterocycles. The van der Waals surface area contributed by atoms with Crippen LogP contribution in [0.2, 0.25) is 0 Å². The normalized spacial score (nSPS) is 17.9. The van der Waals surface area contributed by atoms with Gasteiger partial charge >= 0.3 is 6.55 Å². The summed E-state index contributed by atoms with van der Waals surface area (Å²) in [6.45, 7) is -2.97. The summed E-state index contributed by atoms with van der Waals surface area (Å²) in [4.78, 5) is 22.9. The van der Waals surface area contributed by atoms with Gasteiger partial charge in [0.05, 0.1) is 12.4 Å². The van der Waals surface area contributed by atoms with Crippen molar-refractivity contribution in [3.05, 3.63) is 47.7 Å². The van der Waals surface area contributed by atoms with Crippen molar-refractivity contribution in [1.29, 1.82) is 0 Å². The van der Waals surface area contributed by atoms with Gasteiger partial charge in [0.25, 0.3) is 11.9 Å². The fraction of sp³-hybridized carbons (Fsp3) is 0.263. The molecule has 0 spiro atoms. The van der Waals surface area contributed by atoms with Crippen LogP contribution in [0.15, 0.2) is 35.6 Å². The van der Waals surface area contributed by atoms with Gasteiger partial charge < -0.3 is 20.5 Å². The number of hydrogen-bond acceptors (Lipinski definition) is 6. The van der Waals surface area contributed by atoms with Crippen LogP contribution in [0.5, 0.6) is 5.88 Å². The van der Waals surface area contributed by atoms with Gasteiger partial charge in [-0.05, 0) is 30.2 Å². The SMILES string of the molecule is C#CCOc1cnc(C(=O)Nc2ccc(F)c([C@H]3C[C@H]3O/C(N)=N\C(F)F)c2)cn1. The van der Waals surface area contributed by atoms with Crippen LogP contribution in [0.25, 0.3) is 0 Å². The van der Waals surface area contributed by atoms with Crippen LogP contribution in [0.3, 0.4) is 0 Å². The quantitative estimate of drug-likeness (QED) is 0.308. The van der Waals surface area contributed by atoms with Crippen molar-refractivity contribution in [2.45, 2.75) is 25.0 Å². The maximum absolute atomic E-state index is 14.2. The molecule has 1 heterocycles. The number of carbonyl (C=O) groups is 1. The number of amidine groups is 1. The molecule has 1 saturated carbocycles. The van der Waals surface area contributed by atoms with Crippen LogP contribution in [0.4, 0.5) is 18.9 Å². The Morgan fingerprint density at radius 1 is 1.40 bits per heavy atom. The minimum Gasteiger partial charge on any atom is -0.463 e. The number of nitrogens with zero attached hydrogens (tertiary/aromatic N) is 3. The van der Waals surface area contributed by atoms with Crippen LogP contribution < -0.4 is 15.8 Å². The van der Waals surface area contributed by atoms with Crippen molar-refractivity contribution in [1.82, 2.24) is 9.97 Å². The number of anilines is 1. The molecule has 30 heavy (non-hydrogen) atoms. The fourth-order valence-electron chi connectivity index (χ4n) is 2.64. The number of benzene rings is 1. The van der Waals surface area contributed by atoms with E-state index in [0.29, 0.717) is 12.1 Å². The number of nitrogens with one attached hydrogen (secondary N) is 1. The Hall–Kier alpha value is -3.81. The average Bonchev–Trinajstić information content (AvgIpc) is 3.46. The van der Waals surface area contributed by atoms with Crippen LogP contribution in [-0.4, -0.2) is 41.2 Å². The minimum absolute atomic E-state index is 0.0116. The van der Waals surface area contributed by atoms with Crippen molar-refractivity contribution >= 4 is 17.6 Å². The molecule has 3 N–H and O–H groups in total. The molecule has 2 atom stereocenters. The predicted octanol–water partition coefficient (Wildman–Crippen LogP) is 2.29. The molecule has 1 aromatic carbocycles. The highest BCUT2D eigenvalue weighted by Crippen LogP contribution is 2.45. The Labute approximate surface area is 169 Å². The summed E-state index contributed by atoms with van der Waals surface area (Å²) in [5.41, 5.74) is 5.84. The first-order valence-corrected chi connectivity index (χ1v) is 8.64. The number of carbonyl (C=O) groups excluding carboxylic acids is 1. The molecule has 3 rings (SSSR count). The number of hydrogen-bond donors (Lipinski definition) is 2. The summed E-state index contributed by atoms with van der Waals surface area (Å²) < 4.78 is 48.7. The molecule has 11 heteroatoms. The second kappa shape index (κ2) is 9.13. The number of ether oxygens (including phenoxy) is 2. The number of halogens is 3.